The van der Waals surface area contributed by atoms with Gasteiger partial charge in [-0.15, -0.1) is 0 Å². The number of hydrogen-bond donors (Lipinski definition) is 1. The highest BCUT2D eigenvalue weighted by atomic mass is 35.5. The Morgan fingerprint density at radius 1 is 0.909 bits per heavy atom. The average molecular weight is 489 g/mol. The van der Waals surface area contributed by atoms with Crippen LogP contribution in [-0.4, -0.2) is 11.8 Å². The van der Waals surface area contributed by atoms with E-state index in [9.17, 15) is 22.8 Å². The van der Waals surface area contributed by atoms with E-state index in [4.69, 9.17) is 11.6 Å². The molecule has 0 atom stereocenters. The van der Waals surface area contributed by atoms with Gasteiger partial charge in [0.1, 0.15) is 10.6 Å². The molecule has 168 valence electrons. The molecule has 1 aliphatic rings. The Hall–Kier alpha value is -3.23. The Balaban J connectivity index is 1.80. The first-order chi connectivity index (χ1) is 15.7. The molecule has 0 fully saturated rings. The highest BCUT2D eigenvalue weighted by molar-refractivity contribution is 8.04. The fourth-order valence-electron chi connectivity index (χ4n) is 3.25. The molecular weight excluding hydrogens is 473 g/mol. The second-order valence-electron chi connectivity index (χ2n) is 7.17. The number of amides is 2. The number of aryl methyl sites for hydroxylation is 1. The van der Waals surface area contributed by atoms with Crippen LogP contribution in [0.2, 0.25) is 5.02 Å². The second-order valence-corrected chi connectivity index (χ2v) is 8.66. The number of nitrogens with one attached hydrogen (secondary N) is 1. The summed E-state index contributed by atoms with van der Waals surface area (Å²) in [5, 5.41) is 2.86. The lowest BCUT2D eigenvalue weighted by Crippen LogP contribution is -2.33. The van der Waals surface area contributed by atoms with Gasteiger partial charge in [0.25, 0.3) is 11.8 Å². The Morgan fingerprint density at radius 2 is 1.58 bits per heavy atom. The molecule has 0 spiro atoms. The molecule has 0 saturated carbocycles. The molecule has 0 aliphatic carbocycles. The zero-order valence-electron chi connectivity index (χ0n) is 17.1. The monoisotopic (exact) mass is 488 g/mol. The molecule has 1 N–H and O–H groups in total. The Bertz CT molecular complexity index is 1280. The number of hydrogen-bond acceptors (Lipinski definition) is 4. The van der Waals surface area contributed by atoms with Crippen LogP contribution in [0.25, 0.3) is 0 Å². The smallest absolute Gasteiger partial charge is 0.350 e. The predicted molar refractivity (Wildman–Crippen MR) is 123 cm³/mol. The van der Waals surface area contributed by atoms with Crippen molar-refractivity contribution in [2.45, 2.75) is 18.0 Å². The van der Waals surface area contributed by atoms with Gasteiger partial charge in [-0.25, -0.2) is 4.90 Å². The van der Waals surface area contributed by atoms with E-state index in [0.29, 0.717) is 21.5 Å². The van der Waals surface area contributed by atoms with Crippen LogP contribution in [0.1, 0.15) is 11.1 Å². The Labute approximate surface area is 197 Å². The van der Waals surface area contributed by atoms with Crippen molar-refractivity contribution in [2.24, 2.45) is 0 Å². The number of imide groups is 1. The van der Waals surface area contributed by atoms with Crippen LogP contribution in [0.4, 0.5) is 24.5 Å². The first kappa shape index (κ1) is 22.9. The summed E-state index contributed by atoms with van der Waals surface area (Å²) in [7, 11) is 0. The van der Waals surface area contributed by atoms with Crippen LogP contribution in [0.15, 0.2) is 88.3 Å². The molecule has 1 aliphatic heterocycles. The van der Waals surface area contributed by atoms with E-state index in [1.54, 1.807) is 42.5 Å². The van der Waals surface area contributed by atoms with E-state index in [2.05, 4.69) is 5.32 Å². The van der Waals surface area contributed by atoms with Gasteiger partial charge in [0.05, 0.1) is 16.3 Å². The van der Waals surface area contributed by atoms with E-state index in [-0.39, 0.29) is 21.3 Å². The average Bonchev–Trinajstić information content (AvgIpc) is 2.99. The predicted octanol–water partition coefficient (Wildman–Crippen LogP) is 6.66. The van der Waals surface area contributed by atoms with E-state index < -0.39 is 23.6 Å². The molecular formula is C24H16ClF3N2O2S. The summed E-state index contributed by atoms with van der Waals surface area (Å²) in [6, 6.07) is 18.6. The molecule has 2 amide bonds. The quantitative estimate of drug-likeness (QED) is 0.408. The lowest BCUT2D eigenvalue weighted by Gasteiger charge is -2.19. The Morgan fingerprint density at radius 3 is 2.24 bits per heavy atom. The summed E-state index contributed by atoms with van der Waals surface area (Å²) in [5.41, 5.74) is 0.0487. The van der Waals surface area contributed by atoms with Crippen molar-refractivity contribution in [3.05, 3.63) is 99.5 Å². The van der Waals surface area contributed by atoms with E-state index in [1.807, 2.05) is 19.1 Å². The van der Waals surface area contributed by atoms with Crippen molar-refractivity contribution in [3.63, 3.8) is 0 Å². The van der Waals surface area contributed by atoms with Crippen LogP contribution < -0.4 is 10.2 Å². The second kappa shape index (κ2) is 8.96. The molecule has 1 heterocycles. The van der Waals surface area contributed by atoms with Crippen molar-refractivity contribution >= 4 is 46.6 Å². The van der Waals surface area contributed by atoms with E-state index in [0.717, 1.165) is 29.5 Å². The largest absolute Gasteiger partial charge is 0.416 e. The topological polar surface area (TPSA) is 49.4 Å². The summed E-state index contributed by atoms with van der Waals surface area (Å²) >= 11 is 7.19. The Kier molecular flexibility index (Phi) is 6.23. The van der Waals surface area contributed by atoms with Crippen LogP contribution in [-0.2, 0) is 15.8 Å². The molecule has 9 heteroatoms. The third-order valence-electron chi connectivity index (χ3n) is 4.92. The number of carbonyl (C=O) groups excluding carboxylic acids is 2. The molecule has 3 aromatic rings. The summed E-state index contributed by atoms with van der Waals surface area (Å²) in [6.07, 6.45) is -4.66. The fraction of sp³-hybridized carbons (Fsp3) is 0.0833. The summed E-state index contributed by atoms with van der Waals surface area (Å²) in [5.74, 6) is -1.55. The van der Waals surface area contributed by atoms with Gasteiger partial charge in [-0.05, 0) is 48.9 Å². The van der Waals surface area contributed by atoms with Crippen molar-refractivity contribution in [1.82, 2.24) is 0 Å². The molecule has 0 saturated heterocycles. The normalized spacial score (nSPS) is 14.3. The van der Waals surface area contributed by atoms with Crippen molar-refractivity contribution in [3.8, 4) is 0 Å². The van der Waals surface area contributed by atoms with E-state index in [1.165, 1.54) is 0 Å². The van der Waals surface area contributed by atoms with Gasteiger partial charge < -0.3 is 5.32 Å². The van der Waals surface area contributed by atoms with E-state index >= 15 is 0 Å². The van der Waals surface area contributed by atoms with Crippen LogP contribution in [0.3, 0.4) is 0 Å². The van der Waals surface area contributed by atoms with Gasteiger partial charge >= 0.3 is 6.18 Å². The zero-order chi connectivity index (χ0) is 23.8. The number of thioether (sulfide) groups is 1. The van der Waals surface area contributed by atoms with Crippen LogP contribution >= 0.6 is 23.4 Å². The number of carbonyl (C=O) groups is 2. The fourth-order valence-corrected chi connectivity index (χ4v) is 4.40. The number of rotatable bonds is 5. The maximum Gasteiger partial charge on any atom is 0.416 e. The lowest BCUT2D eigenvalue weighted by molar-refractivity contribution is -0.137. The standard InChI is InChI=1S/C24H16ClF3N2O2S/c1-14-7-5-6-10-18(14)29-20-21(33-16-8-3-2-4-9-16)23(32)30(22(20)31)19-13-15(24(26,27)28)11-12-17(19)25/h2-13,29H,1H3. The third-order valence-corrected chi connectivity index (χ3v) is 6.33. The first-order valence-electron chi connectivity index (χ1n) is 9.72. The number of anilines is 2. The van der Waals surface area contributed by atoms with Crippen molar-refractivity contribution < 1.29 is 22.8 Å². The first-order valence-corrected chi connectivity index (χ1v) is 10.9. The van der Waals surface area contributed by atoms with Crippen molar-refractivity contribution in [1.29, 1.82) is 0 Å². The van der Waals surface area contributed by atoms with Gasteiger partial charge in [0.15, 0.2) is 0 Å². The maximum absolute atomic E-state index is 13.4. The highest BCUT2D eigenvalue weighted by Gasteiger charge is 2.42. The van der Waals surface area contributed by atoms with Gasteiger partial charge in [-0.1, -0.05) is 59.8 Å². The zero-order valence-corrected chi connectivity index (χ0v) is 18.7. The number of nitrogens with zero attached hydrogens (tertiary/aromatic N) is 1. The summed E-state index contributed by atoms with van der Waals surface area (Å²) in [4.78, 5) is 28.2. The van der Waals surface area contributed by atoms with Crippen LogP contribution in [0, 0.1) is 6.92 Å². The molecule has 0 bridgehead atoms. The third kappa shape index (κ3) is 4.62. The van der Waals surface area contributed by atoms with Gasteiger partial charge in [-0.2, -0.15) is 13.2 Å². The summed E-state index contributed by atoms with van der Waals surface area (Å²) in [6.45, 7) is 1.83. The number of benzene rings is 3. The summed E-state index contributed by atoms with van der Waals surface area (Å²) < 4.78 is 39.9. The number of halogens is 4. The van der Waals surface area contributed by atoms with Gasteiger partial charge in [0.2, 0.25) is 0 Å². The molecule has 4 nitrogen and oxygen atoms in total. The number of alkyl halides is 3. The molecule has 0 aromatic heterocycles. The molecule has 0 radical (unpaired) electrons. The van der Waals surface area contributed by atoms with Crippen LogP contribution in [0.5, 0.6) is 0 Å². The van der Waals surface area contributed by atoms with Crippen molar-refractivity contribution in [2.75, 3.05) is 10.2 Å². The SMILES string of the molecule is Cc1ccccc1NC1=C(Sc2ccccc2)C(=O)N(c2cc(C(F)(F)F)ccc2Cl)C1=O. The molecule has 33 heavy (non-hydrogen) atoms. The van der Waals surface area contributed by atoms with Gasteiger partial charge in [0, 0.05) is 10.6 Å². The molecule has 0 unspecified atom stereocenters. The van der Waals surface area contributed by atoms with Gasteiger partial charge in [-0.3, -0.25) is 9.59 Å². The lowest BCUT2D eigenvalue weighted by atomic mass is 10.1. The minimum absolute atomic E-state index is 0.0309. The highest BCUT2D eigenvalue weighted by Crippen LogP contribution is 2.42. The minimum Gasteiger partial charge on any atom is -0.350 e. The molecule has 3 aromatic carbocycles. The minimum atomic E-state index is -4.66. The maximum atomic E-state index is 13.4. The molecule has 4 rings (SSSR count). The number of para-hydroxylation sites is 1.